The lowest BCUT2D eigenvalue weighted by molar-refractivity contribution is 0.150. The molecule has 1 fully saturated rings. The Morgan fingerprint density at radius 3 is 2.46 bits per heavy atom. The molecule has 0 spiro atoms. The van der Waals surface area contributed by atoms with Crippen molar-refractivity contribution in [3.05, 3.63) is 33.8 Å². The average molecular weight is 197 g/mol. The SMILES string of the molecule is Cc1cc(Cl)c(C)c(C2(O)CC2)c1. The van der Waals surface area contributed by atoms with E-state index in [2.05, 4.69) is 0 Å². The van der Waals surface area contributed by atoms with Crippen LogP contribution in [-0.4, -0.2) is 5.11 Å². The fourth-order valence-corrected chi connectivity index (χ4v) is 1.96. The van der Waals surface area contributed by atoms with Crippen LogP contribution in [0.3, 0.4) is 0 Å². The summed E-state index contributed by atoms with van der Waals surface area (Å²) in [5, 5.41) is 10.7. The number of hydrogen-bond donors (Lipinski definition) is 1. The van der Waals surface area contributed by atoms with Crippen molar-refractivity contribution in [3.8, 4) is 0 Å². The van der Waals surface area contributed by atoms with Crippen molar-refractivity contribution in [1.29, 1.82) is 0 Å². The Bertz CT molecular complexity index is 353. The zero-order valence-electron chi connectivity index (χ0n) is 7.89. The third-order valence-electron chi connectivity index (χ3n) is 2.71. The quantitative estimate of drug-likeness (QED) is 0.733. The van der Waals surface area contributed by atoms with Crippen LogP contribution < -0.4 is 0 Å². The van der Waals surface area contributed by atoms with Gasteiger partial charge in [-0.15, -0.1) is 0 Å². The summed E-state index contributed by atoms with van der Waals surface area (Å²) in [4.78, 5) is 0. The van der Waals surface area contributed by atoms with Crippen LogP contribution in [0, 0.1) is 13.8 Å². The lowest BCUT2D eigenvalue weighted by Gasteiger charge is -2.13. The van der Waals surface area contributed by atoms with E-state index in [1.165, 1.54) is 0 Å². The first-order chi connectivity index (χ1) is 6.03. The van der Waals surface area contributed by atoms with E-state index in [0.29, 0.717) is 0 Å². The van der Waals surface area contributed by atoms with E-state index in [0.717, 1.165) is 34.6 Å². The number of benzene rings is 1. The molecule has 1 aliphatic carbocycles. The van der Waals surface area contributed by atoms with Gasteiger partial charge in [-0.25, -0.2) is 0 Å². The monoisotopic (exact) mass is 196 g/mol. The van der Waals surface area contributed by atoms with Crippen LogP contribution in [0.5, 0.6) is 0 Å². The van der Waals surface area contributed by atoms with Gasteiger partial charge in [-0.1, -0.05) is 17.7 Å². The molecule has 0 bridgehead atoms. The van der Waals surface area contributed by atoms with Gasteiger partial charge in [0.25, 0.3) is 0 Å². The van der Waals surface area contributed by atoms with Crippen molar-refractivity contribution in [2.45, 2.75) is 32.3 Å². The van der Waals surface area contributed by atoms with Crippen molar-refractivity contribution in [2.75, 3.05) is 0 Å². The number of hydrogen-bond acceptors (Lipinski definition) is 1. The van der Waals surface area contributed by atoms with E-state index in [4.69, 9.17) is 11.6 Å². The van der Waals surface area contributed by atoms with Crippen LogP contribution in [0.15, 0.2) is 12.1 Å². The second kappa shape index (κ2) is 2.73. The number of rotatable bonds is 1. The molecule has 0 radical (unpaired) electrons. The molecule has 1 aliphatic rings. The highest BCUT2D eigenvalue weighted by atomic mass is 35.5. The van der Waals surface area contributed by atoms with Gasteiger partial charge in [0, 0.05) is 5.02 Å². The summed E-state index contributed by atoms with van der Waals surface area (Å²) in [6.07, 6.45) is 1.74. The maximum atomic E-state index is 9.97. The topological polar surface area (TPSA) is 20.2 Å². The second-order valence-corrected chi connectivity index (χ2v) is 4.36. The molecular formula is C11H13ClO. The lowest BCUT2D eigenvalue weighted by Crippen LogP contribution is -2.07. The van der Waals surface area contributed by atoms with Crippen molar-refractivity contribution in [2.24, 2.45) is 0 Å². The molecular weight excluding hydrogens is 184 g/mol. The fraction of sp³-hybridized carbons (Fsp3) is 0.455. The van der Waals surface area contributed by atoms with Crippen molar-refractivity contribution in [1.82, 2.24) is 0 Å². The molecule has 1 nitrogen and oxygen atoms in total. The van der Waals surface area contributed by atoms with E-state index in [1.807, 2.05) is 26.0 Å². The minimum Gasteiger partial charge on any atom is -0.385 e. The molecule has 0 amide bonds. The predicted octanol–water partition coefficient (Wildman–Crippen LogP) is 2.94. The molecule has 1 saturated carbocycles. The van der Waals surface area contributed by atoms with Gasteiger partial charge in [0.2, 0.25) is 0 Å². The van der Waals surface area contributed by atoms with E-state index < -0.39 is 5.60 Å². The molecule has 0 saturated heterocycles. The highest BCUT2D eigenvalue weighted by molar-refractivity contribution is 6.31. The summed E-state index contributed by atoms with van der Waals surface area (Å²) >= 11 is 6.04. The molecule has 0 aromatic heterocycles. The molecule has 0 atom stereocenters. The summed E-state index contributed by atoms with van der Waals surface area (Å²) < 4.78 is 0. The highest BCUT2D eigenvalue weighted by Gasteiger charge is 2.43. The van der Waals surface area contributed by atoms with E-state index in [9.17, 15) is 5.11 Å². The number of aryl methyl sites for hydroxylation is 1. The minimum absolute atomic E-state index is 0.570. The van der Waals surface area contributed by atoms with Gasteiger partial charge in [-0.05, 0) is 49.4 Å². The van der Waals surface area contributed by atoms with Crippen LogP contribution >= 0.6 is 11.6 Å². The Labute approximate surface area is 83.3 Å². The average Bonchev–Trinajstić information content (AvgIpc) is 2.77. The number of aliphatic hydroxyl groups is 1. The predicted molar refractivity (Wildman–Crippen MR) is 54.1 cm³/mol. The largest absolute Gasteiger partial charge is 0.385 e. The standard InChI is InChI=1S/C11H13ClO/c1-7-5-9(11(13)3-4-11)8(2)10(12)6-7/h5-6,13H,3-4H2,1-2H3. The summed E-state index contributed by atoms with van der Waals surface area (Å²) in [6, 6.07) is 3.97. The molecule has 1 N–H and O–H groups in total. The zero-order valence-corrected chi connectivity index (χ0v) is 8.65. The smallest absolute Gasteiger partial charge is 0.0902 e. The van der Waals surface area contributed by atoms with Gasteiger partial charge >= 0.3 is 0 Å². The highest BCUT2D eigenvalue weighted by Crippen LogP contribution is 2.47. The summed E-state index contributed by atoms with van der Waals surface area (Å²) in [7, 11) is 0. The van der Waals surface area contributed by atoms with E-state index in [1.54, 1.807) is 0 Å². The summed E-state index contributed by atoms with van der Waals surface area (Å²) in [5.41, 5.74) is 2.58. The molecule has 1 aromatic carbocycles. The van der Waals surface area contributed by atoms with E-state index >= 15 is 0 Å². The number of halogens is 1. The molecule has 0 heterocycles. The molecule has 13 heavy (non-hydrogen) atoms. The molecule has 2 heteroatoms. The zero-order chi connectivity index (χ0) is 9.64. The van der Waals surface area contributed by atoms with Crippen molar-refractivity contribution in [3.63, 3.8) is 0 Å². The minimum atomic E-state index is -0.570. The van der Waals surface area contributed by atoms with Gasteiger partial charge in [0.1, 0.15) is 0 Å². The first kappa shape index (κ1) is 9.04. The lowest BCUT2D eigenvalue weighted by atomic mass is 9.99. The molecule has 0 aliphatic heterocycles. The summed E-state index contributed by atoms with van der Waals surface area (Å²) in [6.45, 7) is 3.97. The molecule has 1 aromatic rings. The van der Waals surface area contributed by atoms with E-state index in [-0.39, 0.29) is 0 Å². The van der Waals surface area contributed by atoms with Crippen LogP contribution in [0.4, 0.5) is 0 Å². The molecule has 2 rings (SSSR count). The first-order valence-electron chi connectivity index (χ1n) is 4.52. The van der Waals surface area contributed by atoms with Gasteiger partial charge in [0.05, 0.1) is 5.60 Å². The van der Waals surface area contributed by atoms with Crippen LogP contribution in [0.25, 0.3) is 0 Å². The van der Waals surface area contributed by atoms with Gasteiger partial charge in [-0.3, -0.25) is 0 Å². The van der Waals surface area contributed by atoms with Gasteiger partial charge in [-0.2, -0.15) is 0 Å². The third-order valence-corrected chi connectivity index (χ3v) is 3.11. The molecule has 0 unspecified atom stereocenters. The van der Waals surface area contributed by atoms with Crippen LogP contribution in [-0.2, 0) is 5.60 Å². The van der Waals surface area contributed by atoms with Crippen molar-refractivity contribution >= 4 is 11.6 Å². The van der Waals surface area contributed by atoms with Crippen molar-refractivity contribution < 1.29 is 5.11 Å². The normalized spacial score (nSPS) is 18.8. The van der Waals surface area contributed by atoms with Crippen LogP contribution in [0.1, 0.15) is 29.5 Å². The van der Waals surface area contributed by atoms with Gasteiger partial charge in [0.15, 0.2) is 0 Å². The maximum absolute atomic E-state index is 9.97. The Morgan fingerprint density at radius 2 is 1.92 bits per heavy atom. The second-order valence-electron chi connectivity index (χ2n) is 3.95. The van der Waals surface area contributed by atoms with Crippen LogP contribution in [0.2, 0.25) is 5.02 Å². The third kappa shape index (κ3) is 1.47. The Morgan fingerprint density at radius 1 is 1.31 bits per heavy atom. The summed E-state index contributed by atoms with van der Waals surface area (Å²) in [5.74, 6) is 0. The maximum Gasteiger partial charge on any atom is 0.0902 e. The Kier molecular flexibility index (Phi) is 1.90. The Balaban J connectivity index is 2.56. The van der Waals surface area contributed by atoms with Gasteiger partial charge < -0.3 is 5.11 Å². The fourth-order valence-electron chi connectivity index (χ4n) is 1.69. The first-order valence-corrected chi connectivity index (χ1v) is 4.90. The molecule has 70 valence electrons. The Hall–Kier alpha value is -0.530.